The van der Waals surface area contributed by atoms with E-state index in [9.17, 15) is 0 Å². The first-order valence-corrected chi connectivity index (χ1v) is 5.02. The van der Waals surface area contributed by atoms with Crippen molar-refractivity contribution in [2.45, 2.75) is 38.5 Å². The zero-order valence-corrected chi connectivity index (χ0v) is 8.85. The first kappa shape index (κ1) is 11.8. The third kappa shape index (κ3) is 6.48. The average molecular weight is 187 g/mol. The van der Waals surface area contributed by atoms with Gasteiger partial charge in [0.15, 0.2) is 0 Å². The van der Waals surface area contributed by atoms with Crippen molar-refractivity contribution in [2.75, 3.05) is 0 Å². The van der Waals surface area contributed by atoms with E-state index < -0.39 is 0 Å². The number of hydrogen-bond acceptors (Lipinski definition) is 0. The highest BCUT2D eigenvalue weighted by molar-refractivity contribution is 6.21. The lowest BCUT2D eigenvalue weighted by Crippen LogP contribution is -2.02. The number of allylic oxidation sites excluding steroid dienone is 3. The second-order valence-electron chi connectivity index (χ2n) is 3.24. The minimum Gasteiger partial charge on any atom is -0.118 e. The Hall–Kier alpha value is -0.230. The first-order valence-electron chi connectivity index (χ1n) is 4.58. The van der Waals surface area contributed by atoms with Crippen molar-refractivity contribution in [1.29, 1.82) is 0 Å². The van der Waals surface area contributed by atoms with E-state index in [1.54, 1.807) is 0 Å². The highest BCUT2D eigenvalue weighted by Crippen LogP contribution is 2.16. The summed E-state index contributed by atoms with van der Waals surface area (Å²) in [5.41, 5.74) is 0. The molecule has 0 aromatic carbocycles. The van der Waals surface area contributed by atoms with Gasteiger partial charge in [-0.3, -0.25) is 0 Å². The monoisotopic (exact) mass is 186 g/mol. The molecule has 0 bridgehead atoms. The zero-order chi connectivity index (χ0) is 9.40. The molecule has 12 heavy (non-hydrogen) atoms. The Morgan fingerprint density at radius 3 is 2.67 bits per heavy atom. The lowest BCUT2D eigenvalue weighted by Gasteiger charge is -2.11. The maximum Gasteiger partial charge on any atom is 0.0515 e. The van der Waals surface area contributed by atoms with Crippen molar-refractivity contribution >= 4 is 11.6 Å². The van der Waals surface area contributed by atoms with Crippen LogP contribution in [-0.2, 0) is 0 Å². The summed E-state index contributed by atoms with van der Waals surface area (Å²) in [7, 11) is 0. The number of alkyl halides is 1. The molecule has 1 heteroatoms. The molecule has 0 fully saturated rings. The minimum atomic E-state index is 0.144. The second kappa shape index (κ2) is 7.42. The SMILES string of the molecule is C=CC(Cl)CC(C)CCC=CC. The largest absolute Gasteiger partial charge is 0.118 e. The van der Waals surface area contributed by atoms with Crippen LogP contribution in [0.25, 0.3) is 0 Å². The van der Waals surface area contributed by atoms with E-state index in [2.05, 4.69) is 32.6 Å². The van der Waals surface area contributed by atoms with E-state index in [0.717, 1.165) is 6.42 Å². The van der Waals surface area contributed by atoms with Gasteiger partial charge in [-0.1, -0.05) is 25.2 Å². The van der Waals surface area contributed by atoms with Crippen LogP contribution in [0.15, 0.2) is 24.8 Å². The van der Waals surface area contributed by atoms with Crippen LogP contribution in [0, 0.1) is 5.92 Å². The highest BCUT2D eigenvalue weighted by atomic mass is 35.5. The van der Waals surface area contributed by atoms with Crippen molar-refractivity contribution in [1.82, 2.24) is 0 Å². The Kier molecular flexibility index (Phi) is 7.28. The summed E-state index contributed by atoms with van der Waals surface area (Å²) in [6, 6.07) is 0. The quantitative estimate of drug-likeness (QED) is 0.432. The van der Waals surface area contributed by atoms with E-state index in [4.69, 9.17) is 11.6 Å². The van der Waals surface area contributed by atoms with E-state index in [1.807, 2.05) is 6.08 Å². The Bertz CT molecular complexity index is 138. The maximum absolute atomic E-state index is 5.94. The fourth-order valence-corrected chi connectivity index (χ4v) is 1.45. The van der Waals surface area contributed by atoms with Crippen LogP contribution in [0.2, 0.25) is 0 Å². The van der Waals surface area contributed by atoms with Crippen molar-refractivity contribution in [3.05, 3.63) is 24.8 Å². The molecular formula is C11H19Cl. The molecule has 0 nitrogen and oxygen atoms in total. The van der Waals surface area contributed by atoms with Crippen LogP contribution >= 0.6 is 11.6 Å². The van der Waals surface area contributed by atoms with Crippen molar-refractivity contribution in [3.63, 3.8) is 0 Å². The molecule has 0 saturated heterocycles. The van der Waals surface area contributed by atoms with Crippen LogP contribution in [0.1, 0.15) is 33.1 Å². The molecule has 0 aromatic heterocycles. The molecule has 0 rings (SSSR count). The molecule has 2 atom stereocenters. The van der Waals surface area contributed by atoms with E-state index in [-0.39, 0.29) is 5.38 Å². The number of halogens is 1. The first-order chi connectivity index (χ1) is 5.70. The molecule has 2 unspecified atom stereocenters. The van der Waals surface area contributed by atoms with Crippen LogP contribution in [0.3, 0.4) is 0 Å². The molecule has 0 aliphatic heterocycles. The van der Waals surface area contributed by atoms with Crippen molar-refractivity contribution in [2.24, 2.45) is 5.92 Å². The molecule has 0 N–H and O–H groups in total. The van der Waals surface area contributed by atoms with Gasteiger partial charge < -0.3 is 0 Å². The van der Waals surface area contributed by atoms with Gasteiger partial charge in [0, 0.05) is 0 Å². The summed E-state index contributed by atoms with van der Waals surface area (Å²) >= 11 is 5.94. The van der Waals surface area contributed by atoms with Gasteiger partial charge in [-0.05, 0) is 32.1 Å². The lowest BCUT2D eigenvalue weighted by molar-refractivity contribution is 0.505. The highest BCUT2D eigenvalue weighted by Gasteiger charge is 2.05. The van der Waals surface area contributed by atoms with E-state index in [1.165, 1.54) is 12.8 Å². The summed E-state index contributed by atoms with van der Waals surface area (Å²) in [5.74, 6) is 0.696. The van der Waals surface area contributed by atoms with Crippen LogP contribution < -0.4 is 0 Å². The lowest BCUT2D eigenvalue weighted by atomic mass is 9.99. The van der Waals surface area contributed by atoms with E-state index in [0.29, 0.717) is 5.92 Å². The fraction of sp³-hybridized carbons (Fsp3) is 0.636. The van der Waals surface area contributed by atoms with Crippen LogP contribution in [0.4, 0.5) is 0 Å². The molecule has 0 saturated carbocycles. The van der Waals surface area contributed by atoms with Gasteiger partial charge in [-0.25, -0.2) is 0 Å². The predicted octanol–water partition coefficient (Wildman–Crippen LogP) is 4.16. The Morgan fingerprint density at radius 1 is 1.50 bits per heavy atom. The summed E-state index contributed by atoms with van der Waals surface area (Å²) in [5, 5.41) is 0.144. The minimum absolute atomic E-state index is 0.144. The van der Waals surface area contributed by atoms with Gasteiger partial charge in [0.25, 0.3) is 0 Å². The topological polar surface area (TPSA) is 0 Å². The average Bonchev–Trinajstić information content (AvgIpc) is 2.05. The molecule has 0 amide bonds. The Morgan fingerprint density at radius 2 is 2.17 bits per heavy atom. The van der Waals surface area contributed by atoms with E-state index >= 15 is 0 Å². The number of hydrogen-bond donors (Lipinski definition) is 0. The van der Waals surface area contributed by atoms with Gasteiger partial charge in [0.1, 0.15) is 0 Å². The Labute approximate surface area is 81.3 Å². The number of rotatable bonds is 6. The van der Waals surface area contributed by atoms with Gasteiger partial charge in [0.2, 0.25) is 0 Å². The molecule has 0 heterocycles. The molecule has 0 aliphatic rings. The van der Waals surface area contributed by atoms with Gasteiger partial charge >= 0.3 is 0 Å². The van der Waals surface area contributed by atoms with Crippen molar-refractivity contribution in [3.8, 4) is 0 Å². The predicted molar refractivity (Wildman–Crippen MR) is 57.7 cm³/mol. The van der Waals surface area contributed by atoms with Gasteiger partial charge in [0.05, 0.1) is 5.38 Å². The molecule has 0 spiro atoms. The Balaban J connectivity index is 3.44. The normalized spacial score (nSPS) is 16.2. The third-order valence-electron chi connectivity index (χ3n) is 1.95. The summed E-state index contributed by atoms with van der Waals surface area (Å²) in [6.07, 6.45) is 9.54. The fourth-order valence-electron chi connectivity index (χ4n) is 1.15. The zero-order valence-electron chi connectivity index (χ0n) is 8.09. The smallest absolute Gasteiger partial charge is 0.0515 e. The van der Waals surface area contributed by atoms with Gasteiger partial charge in [-0.2, -0.15) is 0 Å². The molecule has 70 valence electrons. The van der Waals surface area contributed by atoms with Gasteiger partial charge in [-0.15, -0.1) is 18.2 Å². The van der Waals surface area contributed by atoms with Crippen molar-refractivity contribution < 1.29 is 0 Å². The second-order valence-corrected chi connectivity index (χ2v) is 3.80. The van der Waals surface area contributed by atoms with Crippen LogP contribution in [-0.4, -0.2) is 5.38 Å². The molecule has 0 radical (unpaired) electrons. The summed E-state index contributed by atoms with van der Waals surface area (Å²) in [6.45, 7) is 7.96. The van der Waals surface area contributed by atoms with Crippen LogP contribution in [0.5, 0.6) is 0 Å². The molecule has 0 aromatic rings. The molecular weight excluding hydrogens is 168 g/mol. The summed E-state index contributed by atoms with van der Waals surface area (Å²) < 4.78 is 0. The standard InChI is InChI=1S/C11H19Cl/c1-4-6-7-8-10(3)9-11(12)5-2/h4-6,10-11H,2,7-9H2,1,3H3. The maximum atomic E-state index is 5.94. The molecule has 0 aliphatic carbocycles. The third-order valence-corrected chi connectivity index (χ3v) is 2.30. The summed E-state index contributed by atoms with van der Waals surface area (Å²) in [4.78, 5) is 0.